The van der Waals surface area contributed by atoms with Gasteiger partial charge in [-0.05, 0) is 37.1 Å². The molecule has 5 heteroatoms. The summed E-state index contributed by atoms with van der Waals surface area (Å²) in [5, 5.41) is 12.7. The predicted octanol–water partition coefficient (Wildman–Crippen LogP) is 2.80. The van der Waals surface area contributed by atoms with Crippen LogP contribution >= 0.6 is 0 Å². The van der Waals surface area contributed by atoms with Gasteiger partial charge < -0.3 is 4.42 Å². The molecular weight excluding hydrogens is 312 g/mol. The minimum Gasteiger partial charge on any atom is -0.419 e. The van der Waals surface area contributed by atoms with E-state index in [0.717, 1.165) is 43.7 Å². The van der Waals surface area contributed by atoms with Gasteiger partial charge in [0.1, 0.15) is 5.71 Å². The quantitative estimate of drug-likeness (QED) is 0.568. The number of aryl methyl sites for hydroxylation is 2. The fourth-order valence-electron chi connectivity index (χ4n) is 3.62. The van der Waals surface area contributed by atoms with Crippen molar-refractivity contribution in [3.63, 3.8) is 0 Å². The number of hydrogen-bond donors (Lipinski definition) is 0. The van der Waals surface area contributed by atoms with Crippen molar-refractivity contribution in [3.05, 3.63) is 68.7 Å². The van der Waals surface area contributed by atoms with Crippen LogP contribution in [0.1, 0.15) is 31.2 Å². The zero-order valence-corrected chi connectivity index (χ0v) is 14.3. The predicted molar refractivity (Wildman–Crippen MR) is 94.7 cm³/mol. The molecule has 0 N–H and O–H groups in total. The van der Waals surface area contributed by atoms with E-state index in [0.29, 0.717) is 18.2 Å². The van der Waals surface area contributed by atoms with E-state index < -0.39 is 0 Å². The van der Waals surface area contributed by atoms with Crippen LogP contribution in [0.4, 0.5) is 11.4 Å². The normalized spacial score (nSPS) is 14.0. The molecule has 122 valence electrons. The van der Waals surface area contributed by atoms with Crippen LogP contribution in [0, 0.1) is 17.4 Å². The van der Waals surface area contributed by atoms with Gasteiger partial charge in [-0.25, -0.2) is 9.98 Å². The molecule has 0 unspecified atom stereocenters. The Morgan fingerprint density at radius 2 is 1.80 bits per heavy atom. The molecule has 2 aliphatic rings. The summed E-state index contributed by atoms with van der Waals surface area (Å²) >= 11 is 0. The average molecular weight is 328 g/mol. The van der Waals surface area contributed by atoms with Crippen LogP contribution in [0.3, 0.4) is 0 Å². The van der Waals surface area contributed by atoms with E-state index in [1.54, 1.807) is 0 Å². The molecule has 2 aromatic carbocycles. The molecule has 0 spiro atoms. The third-order valence-electron chi connectivity index (χ3n) is 4.82. The number of nitrogens with zero attached hydrogens (tertiary/aromatic N) is 4. The molecule has 0 bridgehead atoms. The van der Waals surface area contributed by atoms with Gasteiger partial charge in [-0.2, -0.15) is 0 Å². The van der Waals surface area contributed by atoms with Crippen LogP contribution in [-0.2, 0) is 6.42 Å². The lowest BCUT2D eigenvalue weighted by atomic mass is 10.0. The van der Waals surface area contributed by atoms with Gasteiger partial charge in [0.25, 0.3) is 5.89 Å². The molecule has 0 aliphatic carbocycles. The summed E-state index contributed by atoms with van der Waals surface area (Å²) < 4.78 is 5.73. The largest absolute Gasteiger partial charge is 0.419 e. The van der Waals surface area contributed by atoms with Crippen molar-refractivity contribution in [2.45, 2.75) is 27.2 Å². The van der Waals surface area contributed by atoms with Crippen molar-refractivity contribution < 1.29 is 4.42 Å². The van der Waals surface area contributed by atoms with Crippen LogP contribution in [0.5, 0.6) is 0 Å². The van der Waals surface area contributed by atoms with E-state index in [-0.39, 0.29) is 0 Å². The Morgan fingerprint density at radius 1 is 0.960 bits per heavy atom. The van der Waals surface area contributed by atoms with Gasteiger partial charge in [0.2, 0.25) is 5.89 Å². The first-order valence-corrected chi connectivity index (χ1v) is 8.42. The van der Waals surface area contributed by atoms with E-state index >= 15 is 0 Å². The first-order valence-electron chi connectivity index (χ1n) is 8.42. The van der Waals surface area contributed by atoms with Crippen LogP contribution in [-0.4, -0.2) is 15.9 Å². The third-order valence-corrected chi connectivity index (χ3v) is 4.82. The maximum atomic E-state index is 5.73. The van der Waals surface area contributed by atoms with Gasteiger partial charge in [0.05, 0.1) is 16.7 Å². The van der Waals surface area contributed by atoms with Crippen molar-refractivity contribution in [2.24, 2.45) is 9.98 Å². The average Bonchev–Trinajstić information content (AvgIpc) is 3.30. The first-order chi connectivity index (χ1) is 12.2. The Kier molecular flexibility index (Phi) is 2.83. The number of para-hydroxylation sites is 1. The van der Waals surface area contributed by atoms with Gasteiger partial charge in [-0.3, -0.25) is 0 Å². The van der Waals surface area contributed by atoms with E-state index in [4.69, 9.17) is 14.4 Å². The highest BCUT2D eigenvalue weighted by molar-refractivity contribution is 6.28. The monoisotopic (exact) mass is 328 g/mol. The molecular formula is C20H16N4O. The summed E-state index contributed by atoms with van der Waals surface area (Å²) in [6.45, 7) is 6.17. The lowest BCUT2D eigenvalue weighted by Gasteiger charge is -2.01. The Bertz CT molecular complexity index is 1300. The van der Waals surface area contributed by atoms with Gasteiger partial charge in [0, 0.05) is 22.1 Å². The minimum atomic E-state index is 0.481. The number of rotatable bonds is 2. The van der Waals surface area contributed by atoms with Crippen molar-refractivity contribution in [2.75, 3.05) is 0 Å². The molecule has 3 heterocycles. The Morgan fingerprint density at radius 3 is 2.60 bits per heavy atom. The van der Waals surface area contributed by atoms with Crippen LogP contribution < -0.4 is 10.6 Å². The first kappa shape index (κ1) is 14.3. The van der Waals surface area contributed by atoms with E-state index in [9.17, 15) is 0 Å². The summed E-state index contributed by atoms with van der Waals surface area (Å²) in [5.41, 5.74) is 4.85. The zero-order chi connectivity index (χ0) is 17.1. The Labute approximate surface area is 143 Å². The van der Waals surface area contributed by atoms with Gasteiger partial charge >= 0.3 is 0 Å². The molecule has 1 aromatic heterocycles. The van der Waals surface area contributed by atoms with Crippen molar-refractivity contribution in [3.8, 4) is 0 Å². The fourth-order valence-corrected chi connectivity index (χ4v) is 3.62. The highest BCUT2D eigenvalue weighted by Gasteiger charge is 2.25. The highest BCUT2D eigenvalue weighted by atomic mass is 16.4. The molecule has 3 aromatic rings. The lowest BCUT2D eigenvalue weighted by Crippen LogP contribution is -2.10. The zero-order valence-electron chi connectivity index (χ0n) is 14.3. The van der Waals surface area contributed by atoms with Crippen molar-refractivity contribution >= 4 is 22.7 Å². The molecule has 0 saturated heterocycles. The maximum Gasteiger partial charge on any atom is 0.266 e. The number of fused-ring (bicyclic) bond motifs is 4. The second kappa shape index (κ2) is 4.96. The number of hydrogen-bond acceptors (Lipinski definition) is 5. The lowest BCUT2D eigenvalue weighted by molar-refractivity contribution is 0.493. The Hall–Kier alpha value is -3.08. The minimum absolute atomic E-state index is 0.481. The van der Waals surface area contributed by atoms with Crippen LogP contribution in [0.2, 0.25) is 0 Å². The fraction of sp³-hybridized carbons (Fsp3) is 0.200. The SMILES string of the molecule is CCc1nnc(C2=Nc3c4c(cc(C)c3=C2C)=c2ccccc2=N4)o1. The van der Waals surface area contributed by atoms with E-state index in [1.165, 1.54) is 5.56 Å². The molecule has 0 atom stereocenters. The number of aliphatic imine (C=N–C) groups is 1. The second-order valence-corrected chi connectivity index (χ2v) is 6.38. The summed E-state index contributed by atoms with van der Waals surface area (Å²) in [5.74, 6) is 1.11. The molecule has 5 nitrogen and oxygen atoms in total. The summed E-state index contributed by atoms with van der Waals surface area (Å²) in [6.07, 6.45) is 0.714. The molecule has 25 heavy (non-hydrogen) atoms. The molecule has 2 aliphatic heterocycles. The van der Waals surface area contributed by atoms with E-state index in [2.05, 4.69) is 36.2 Å². The number of benzene rings is 2. The van der Waals surface area contributed by atoms with Crippen molar-refractivity contribution in [1.82, 2.24) is 10.2 Å². The standard InChI is InChI=1S/C20H16N4O/c1-4-15-23-24-20(25-15)17-11(3)16-10(2)9-13-12-7-5-6-8-14(12)21-18(13)19(16)22-17/h5-9H,4H2,1-3H3. The summed E-state index contributed by atoms with van der Waals surface area (Å²) in [6, 6.07) is 10.4. The Balaban J connectivity index is 1.84. The van der Waals surface area contributed by atoms with Crippen LogP contribution in [0.25, 0.3) is 5.57 Å². The summed E-state index contributed by atoms with van der Waals surface area (Å²) in [4.78, 5) is 9.68. The van der Waals surface area contributed by atoms with Crippen LogP contribution in [0.15, 0.2) is 44.7 Å². The topological polar surface area (TPSA) is 63.6 Å². The molecule has 0 amide bonds. The summed E-state index contributed by atoms with van der Waals surface area (Å²) in [7, 11) is 0. The maximum absolute atomic E-state index is 5.73. The third kappa shape index (κ3) is 1.89. The molecule has 0 radical (unpaired) electrons. The van der Waals surface area contributed by atoms with Crippen molar-refractivity contribution in [1.29, 1.82) is 0 Å². The molecule has 5 rings (SSSR count). The molecule has 0 saturated carbocycles. The van der Waals surface area contributed by atoms with Gasteiger partial charge in [-0.1, -0.05) is 25.1 Å². The number of aromatic nitrogens is 2. The highest BCUT2D eigenvalue weighted by Crippen LogP contribution is 2.33. The van der Waals surface area contributed by atoms with Gasteiger partial charge in [0.15, 0.2) is 0 Å². The van der Waals surface area contributed by atoms with Gasteiger partial charge in [-0.15, -0.1) is 10.2 Å². The van der Waals surface area contributed by atoms with E-state index in [1.807, 2.05) is 25.1 Å². The molecule has 0 fully saturated rings. The second-order valence-electron chi connectivity index (χ2n) is 6.38. The smallest absolute Gasteiger partial charge is 0.266 e.